The first-order valence-electron chi connectivity index (χ1n) is 8.03. The molecule has 0 aromatic heterocycles. The third-order valence-electron chi connectivity index (χ3n) is 4.08. The number of carbonyl (C=O) groups is 1. The molecule has 0 aliphatic carbocycles. The van der Waals surface area contributed by atoms with Gasteiger partial charge in [-0.25, -0.2) is 0 Å². The molecule has 0 radical (unpaired) electrons. The molecule has 2 heterocycles. The lowest BCUT2D eigenvalue weighted by atomic mass is 10.1. The van der Waals surface area contributed by atoms with Crippen molar-refractivity contribution in [3.8, 4) is 11.5 Å². The van der Waals surface area contributed by atoms with Gasteiger partial charge in [0, 0.05) is 13.2 Å². The van der Waals surface area contributed by atoms with E-state index < -0.39 is 0 Å². The van der Waals surface area contributed by atoms with Gasteiger partial charge < -0.3 is 19.1 Å². The molecule has 2 atom stereocenters. The van der Waals surface area contributed by atoms with Crippen LogP contribution in [0.25, 0.3) is 0 Å². The number of hydrogen-bond donors (Lipinski definition) is 0. The van der Waals surface area contributed by atoms with Crippen LogP contribution in [0.4, 0.5) is 0 Å². The van der Waals surface area contributed by atoms with Gasteiger partial charge in [0.05, 0.1) is 19.1 Å². The number of carbonyl (C=O) groups excluding carboxylic acids is 1. The Bertz CT molecular complexity index is 513. The van der Waals surface area contributed by atoms with Gasteiger partial charge >= 0.3 is 0 Å². The highest BCUT2D eigenvalue weighted by molar-refractivity contribution is 5.79. The van der Waals surface area contributed by atoms with E-state index in [9.17, 15) is 4.79 Å². The minimum Gasteiger partial charge on any atom is -0.486 e. The number of amides is 1. The largest absolute Gasteiger partial charge is 0.486 e. The van der Waals surface area contributed by atoms with Crippen LogP contribution in [0.1, 0.15) is 19.8 Å². The molecule has 1 aromatic rings. The van der Waals surface area contributed by atoms with Crippen molar-refractivity contribution in [2.45, 2.75) is 25.9 Å². The molecule has 5 nitrogen and oxygen atoms in total. The van der Waals surface area contributed by atoms with E-state index in [1.807, 2.05) is 29.2 Å². The van der Waals surface area contributed by atoms with Crippen LogP contribution in [-0.2, 0) is 9.53 Å². The van der Waals surface area contributed by atoms with Crippen molar-refractivity contribution in [2.75, 3.05) is 32.9 Å². The third-order valence-corrected chi connectivity index (χ3v) is 4.08. The molecule has 0 bridgehead atoms. The van der Waals surface area contributed by atoms with Gasteiger partial charge in [0.15, 0.2) is 17.6 Å². The van der Waals surface area contributed by atoms with Crippen molar-refractivity contribution < 1.29 is 19.0 Å². The summed E-state index contributed by atoms with van der Waals surface area (Å²) in [5, 5.41) is 0. The Morgan fingerprint density at radius 2 is 2.09 bits per heavy atom. The lowest BCUT2D eigenvalue weighted by molar-refractivity contribution is -0.137. The quantitative estimate of drug-likeness (QED) is 0.836. The first-order chi connectivity index (χ1) is 10.8. The summed E-state index contributed by atoms with van der Waals surface area (Å²) in [6.45, 7) is 5.11. The van der Waals surface area contributed by atoms with Gasteiger partial charge in [-0.1, -0.05) is 19.1 Å². The van der Waals surface area contributed by atoms with Crippen molar-refractivity contribution in [1.29, 1.82) is 0 Å². The van der Waals surface area contributed by atoms with E-state index in [1.165, 1.54) is 0 Å². The van der Waals surface area contributed by atoms with Gasteiger partial charge in [0.25, 0.3) is 0 Å². The molecule has 120 valence electrons. The van der Waals surface area contributed by atoms with Gasteiger partial charge in [-0.2, -0.15) is 0 Å². The van der Waals surface area contributed by atoms with Crippen LogP contribution in [0, 0.1) is 5.92 Å². The fourth-order valence-corrected chi connectivity index (χ4v) is 2.95. The number of fused-ring (bicyclic) bond motifs is 1. The highest BCUT2D eigenvalue weighted by Gasteiger charge is 2.31. The number of para-hydroxylation sites is 2. The zero-order valence-corrected chi connectivity index (χ0v) is 13.0. The van der Waals surface area contributed by atoms with Crippen molar-refractivity contribution >= 4 is 5.91 Å². The standard InChI is InChI=1S/C17H23NO4/c1-2-8-18(17(19)13-7-9-20-11-13)10-14-12-21-15-5-3-4-6-16(15)22-14/h3-6,13-14H,2,7-12H2,1H3/t13-,14+/m1/s1. The molecule has 0 unspecified atom stereocenters. The second kappa shape index (κ2) is 7.01. The van der Waals surface area contributed by atoms with E-state index in [2.05, 4.69) is 6.92 Å². The van der Waals surface area contributed by atoms with E-state index in [0.717, 1.165) is 30.9 Å². The predicted molar refractivity (Wildman–Crippen MR) is 82.2 cm³/mol. The Hall–Kier alpha value is -1.75. The average Bonchev–Trinajstić information content (AvgIpc) is 3.08. The van der Waals surface area contributed by atoms with Crippen molar-refractivity contribution in [1.82, 2.24) is 4.90 Å². The summed E-state index contributed by atoms with van der Waals surface area (Å²) in [5.74, 6) is 1.72. The molecule has 5 heteroatoms. The van der Waals surface area contributed by atoms with Crippen molar-refractivity contribution in [3.05, 3.63) is 24.3 Å². The maximum absolute atomic E-state index is 12.6. The lowest BCUT2D eigenvalue weighted by Gasteiger charge is -2.32. The van der Waals surface area contributed by atoms with Gasteiger partial charge in [0.2, 0.25) is 5.91 Å². The van der Waals surface area contributed by atoms with Crippen molar-refractivity contribution in [2.24, 2.45) is 5.92 Å². The van der Waals surface area contributed by atoms with Gasteiger partial charge in [-0.3, -0.25) is 4.79 Å². The highest BCUT2D eigenvalue weighted by Crippen LogP contribution is 2.31. The number of ether oxygens (including phenoxy) is 3. The highest BCUT2D eigenvalue weighted by atomic mass is 16.6. The van der Waals surface area contributed by atoms with Crippen LogP contribution in [0.15, 0.2) is 24.3 Å². The normalized spacial score (nSPS) is 23.3. The van der Waals surface area contributed by atoms with Gasteiger partial charge in [0.1, 0.15) is 6.61 Å². The Balaban J connectivity index is 1.63. The SMILES string of the molecule is CCCN(C[C@H]1COc2ccccc2O1)C(=O)[C@@H]1CCOC1. The number of benzene rings is 1. The molecule has 1 amide bonds. The Morgan fingerprint density at radius 3 is 2.82 bits per heavy atom. The summed E-state index contributed by atoms with van der Waals surface area (Å²) in [7, 11) is 0. The summed E-state index contributed by atoms with van der Waals surface area (Å²) in [4.78, 5) is 14.5. The first kappa shape index (κ1) is 15.2. The van der Waals surface area contributed by atoms with E-state index >= 15 is 0 Å². The zero-order valence-electron chi connectivity index (χ0n) is 13.0. The number of hydrogen-bond acceptors (Lipinski definition) is 4. The first-order valence-corrected chi connectivity index (χ1v) is 8.03. The Morgan fingerprint density at radius 1 is 1.27 bits per heavy atom. The molecular weight excluding hydrogens is 282 g/mol. The summed E-state index contributed by atoms with van der Waals surface area (Å²) in [5.41, 5.74) is 0. The van der Waals surface area contributed by atoms with E-state index in [4.69, 9.17) is 14.2 Å². The predicted octanol–water partition coefficient (Wildman–Crippen LogP) is 2.10. The molecule has 1 saturated heterocycles. The Labute approximate surface area is 131 Å². The van der Waals surface area contributed by atoms with Gasteiger partial charge in [-0.05, 0) is 25.0 Å². The molecule has 0 spiro atoms. The smallest absolute Gasteiger partial charge is 0.228 e. The fraction of sp³-hybridized carbons (Fsp3) is 0.588. The van der Waals surface area contributed by atoms with Crippen LogP contribution in [0.3, 0.4) is 0 Å². The monoisotopic (exact) mass is 305 g/mol. The molecular formula is C17H23NO4. The van der Waals surface area contributed by atoms with Crippen molar-refractivity contribution in [3.63, 3.8) is 0 Å². The molecule has 2 aliphatic rings. The number of nitrogens with zero attached hydrogens (tertiary/aromatic N) is 1. The average molecular weight is 305 g/mol. The molecule has 1 aromatic carbocycles. The second-order valence-corrected chi connectivity index (χ2v) is 5.84. The summed E-state index contributed by atoms with van der Waals surface area (Å²) in [6, 6.07) is 7.65. The maximum Gasteiger partial charge on any atom is 0.228 e. The van der Waals surface area contributed by atoms with E-state index in [1.54, 1.807) is 0 Å². The molecule has 0 saturated carbocycles. The zero-order chi connectivity index (χ0) is 15.4. The van der Waals surface area contributed by atoms with Crippen LogP contribution in [0.5, 0.6) is 11.5 Å². The van der Waals surface area contributed by atoms with Gasteiger partial charge in [-0.15, -0.1) is 0 Å². The van der Waals surface area contributed by atoms with E-state index in [-0.39, 0.29) is 17.9 Å². The summed E-state index contributed by atoms with van der Waals surface area (Å²) in [6.07, 6.45) is 1.64. The van der Waals surface area contributed by atoms with Crippen LogP contribution in [-0.4, -0.2) is 49.8 Å². The minimum absolute atomic E-state index is 0.00310. The molecule has 2 aliphatic heterocycles. The maximum atomic E-state index is 12.6. The summed E-state index contributed by atoms with van der Waals surface area (Å²) >= 11 is 0. The molecule has 0 N–H and O–H groups in total. The summed E-state index contributed by atoms with van der Waals surface area (Å²) < 4.78 is 17.0. The fourth-order valence-electron chi connectivity index (χ4n) is 2.95. The van der Waals surface area contributed by atoms with Crippen LogP contribution >= 0.6 is 0 Å². The molecule has 22 heavy (non-hydrogen) atoms. The molecule has 1 fully saturated rings. The number of rotatable bonds is 5. The van der Waals surface area contributed by atoms with Crippen LogP contribution < -0.4 is 9.47 Å². The third kappa shape index (κ3) is 3.35. The van der Waals surface area contributed by atoms with E-state index in [0.29, 0.717) is 26.4 Å². The topological polar surface area (TPSA) is 48.0 Å². The minimum atomic E-state index is -0.118. The molecule has 3 rings (SSSR count). The Kier molecular flexibility index (Phi) is 4.83. The lowest BCUT2D eigenvalue weighted by Crippen LogP contribution is -2.46. The second-order valence-electron chi connectivity index (χ2n) is 5.84. The van der Waals surface area contributed by atoms with Crippen LogP contribution in [0.2, 0.25) is 0 Å².